The molecule has 0 heterocycles. The van der Waals surface area contributed by atoms with E-state index in [2.05, 4.69) is 62.5 Å². The van der Waals surface area contributed by atoms with Crippen LogP contribution in [0.2, 0.25) is 0 Å². The molecule has 0 aliphatic rings. The van der Waals surface area contributed by atoms with Gasteiger partial charge in [0.2, 0.25) is 0 Å². The van der Waals surface area contributed by atoms with Crippen LogP contribution in [0.25, 0.3) is 0 Å². The topological polar surface area (TPSA) is 111 Å². The number of ether oxygens (including phenoxy) is 4. The molecular weight excluding hydrogens is 1130 g/mol. The highest BCUT2D eigenvalue weighted by Gasteiger charge is 2.22. The zero-order chi connectivity index (χ0) is 66.1. The average molecular weight is 1280 g/mol. The Bertz CT molecular complexity index is 1630. The fourth-order valence-corrected chi connectivity index (χ4v) is 12.0. The minimum atomic E-state index is -1.62. The number of carboxylic acids is 1. The van der Waals surface area contributed by atoms with Crippen LogP contribution in [0.3, 0.4) is 0 Å². The molecule has 0 spiro atoms. The first-order valence-corrected chi connectivity index (χ1v) is 39.8. The summed E-state index contributed by atoms with van der Waals surface area (Å²) in [5, 5.41) is 11.9. The van der Waals surface area contributed by atoms with Gasteiger partial charge in [-0.1, -0.05) is 358 Å². The molecule has 2 unspecified atom stereocenters. The van der Waals surface area contributed by atoms with Gasteiger partial charge in [0.05, 0.1) is 40.3 Å². The van der Waals surface area contributed by atoms with Crippen molar-refractivity contribution in [3.05, 3.63) is 48.6 Å². The van der Waals surface area contributed by atoms with Crippen molar-refractivity contribution in [3.63, 3.8) is 0 Å². The van der Waals surface area contributed by atoms with Crippen LogP contribution in [0.15, 0.2) is 48.6 Å². The molecule has 0 aliphatic carbocycles. The molecule has 0 aromatic rings. The van der Waals surface area contributed by atoms with Crippen molar-refractivity contribution < 1.29 is 42.9 Å². The van der Waals surface area contributed by atoms with E-state index in [1.54, 1.807) is 0 Å². The van der Waals surface area contributed by atoms with Gasteiger partial charge in [-0.25, -0.2) is 0 Å². The Morgan fingerprint density at radius 2 is 0.593 bits per heavy atom. The predicted octanol–water partition coefficient (Wildman–Crippen LogP) is 23.9. The van der Waals surface area contributed by atoms with Crippen LogP contribution >= 0.6 is 0 Å². The third-order valence-corrected chi connectivity index (χ3v) is 18.0. The minimum absolute atomic E-state index is 0.150. The zero-order valence-corrected chi connectivity index (χ0v) is 61.2. The van der Waals surface area contributed by atoms with Crippen molar-refractivity contribution in [1.82, 2.24) is 0 Å². The molecule has 9 heteroatoms. The van der Waals surface area contributed by atoms with Gasteiger partial charge in [-0.15, -0.1) is 0 Å². The third kappa shape index (κ3) is 74.5. The molecule has 0 saturated heterocycles. The lowest BCUT2D eigenvalue weighted by molar-refractivity contribution is -0.870. The number of rotatable bonds is 75. The molecule has 0 fully saturated rings. The first-order valence-electron chi connectivity index (χ1n) is 39.8. The summed E-state index contributed by atoms with van der Waals surface area (Å²) in [6.07, 6.45) is 92.3. The van der Waals surface area contributed by atoms with Gasteiger partial charge in [0.1, 0.15) is 13.2 Å². The van der Waals surface area contributed by atoms with Gasteiger partial charge < -0.3 is 33.3 Å². The van der Waals surface area contributed by atoms with Crippen molar-refractivity contribution >= 4 is 17.9 Å². The highest BCUT2D eigenvalue weighted by molar-refractivity contribution is 5.70. The van der Waals surface area contributed by atoms with Gasteiger partial charge in [-0.2, -0.15) is 0 Å². The number of esters is 2. The number of nitrogens with zero attached hydrogens (tertiary/aromatic N) is 1. The van der Waals surface area contributed by atoms with Crippen LogP contribution in [-0.4, -0.2) is 82.3 Å². The van der Waals surface area contributed by atoms with Crippen molar-refractivity contribution in [3.8, 4) is 0 Å². The third-order valence-electron chi connectivity index (χ3n) is 18.0. The fourth-order valence-electron chi connectivity index (χ4n) is 12.0. The van der Waals surface area contributed by atoms with Crippen LogP contribution in [0.5, 0.6) is 0 Å². The minimum Gasteiger partial charge on any atom is -0.545 e. The van der Waals surface area contributed by atoms with E-state index in [0.29, 0.717) is 17.4 Å². The van der Waals surface area contributed by atoms with Gasteiger partial charge in [0.25, 0.3) is 0 Å². The Balaban J connectivity index is 3.98. The predicted molar refractivity (Wildman–Crippen MR) is 389 cm³/mol. The molecule has 0 saturated carbocycles. The highest BCUT2D eigenvalue weighted by atomic mass is 16.7. The largest absolute Gasteiger partial charge is 0.545 e. The second-order valence-corrected chi connectivity index (χ2v) is 28.4. The molecule has 0 N–H and O–H groups in total. The number of likely N-dealkylation sites (N-methyl/N-ethyl adjacent to an activating group) is 1. The number of carbonyl (C=O) groups is 3. The summed E-state index contributed by atoms with van der Waals surface area (Å²) < 4.78 is 22.9. The normalized spacial score (nSPS) is 12.8. The smallest absolute Gasteiger partial charge is 0.306 e. The SMILES string of the molecule is CCCCCCC/C=C\C/C=C\C/C=C\CCCCCCCCCCCCCCCCCCCCCCCCC(=O)OC(COC(=O)CCCCCCCCCCCCCCCCCCC/C=C\CCCCCCCCCC)COC(OCC[N+](C)(C)C)C(=O)[O-]. The lowest BCUT2D eigenvalue weighted by Gasteiger charge is -2.26. The fraction of sp³-hybridized carbons (Fsp3) is 0.866. The summed E-state index contributed by atoms with van der Waals surface area (Å²) in [6, 6.07) is 0. The monoisotopic (exact) mass is 1280 g/mol. The van der Waals surface area contributed by atoms with Gasteiger partial charge in [0, 0.05) is 12.8 Å². The Hall–Kier alpha value is -2.75. The number of allylic oxidation sites excluding steroid dienone is 8. The van der Waals surface area contributed by atoms with Gasteiger partial charge >= 0.3 is 11.9 Å². The lowest BCUT2D eigenvalue weighted by Crippen LogP contribution is -2.44. The van der Waals surface area contributed by atoms with Crippen LogP contribution in [-0.2, 0) is 33.3 Å². The summed E-state index contributed by atoms with van der Waals surface area (Å²) in [5.74, 6) is -2.25. The molecule has 0 amide bonds. The number of hydrogen-bond donors (Lipinski definition) is 0. The molecule has 0 rings (SSSR count). The molecule has 534 valence electrons. The first-order chi connectivity index (χ1) is 44.6. The molecule has 0 aromatic carbocycles. The average Bonchev–Trinajstić information content (AvgIpc) is 3.50. The molecule has 91 heavy (non-hydrogen) atoms. The van der Waals surface area contributed by atoms with Gasteiger partial charge in [-0.05, 0) is 77.0 Å². The van der Waals surface area contributed by atoms with Crippen LogP contribution in [0, 0.1) is 0 Å². The number of unbranched alkanes of at least 4 members (excludes halogenated alkanes) is 52. The highest BCUT2D eigenvalue weighted by Crippen LogP contribution is 2.19. The van der Waals surface area contributed by atoms with Crippen molar-refractivity contribution in [1.29, 1.82) is 0 Å². The van der Waals surface area contributed by atoms with Crippen molar-refractivity contribution in [2.75, 3.05) is 47.5 Å². The summed E-state index contributed by atoms with van der Waals surface area (Å²) >= 11 is 0. The van der Waals surface area contributed by atoms with E-state index in [-0.39, 0.29) is 32.2 Å². The van der Waals surface area contributed by atoms with E-state index in [1.807, 2.05) is 21.1 Å². The second-order valence-electron chi connectivity index (χ2n) is 28.4. The maximum atomic E-state index is 13.0. The van der Waals surface area contributed by atoms with Gasteiger partial charge in [0.15, 0.2) is 12.4 Å². The molecule has 9 nitrogen and oxygen atoms in total. The number of aliphatic carboxylic acids is 1. The van der Waals surface area contributed by atoms with E-state index < -0.39 is 24.3 Å². The molecule has 0 bridgehead atoms. The Morgan fingerprint density at radius 1 is 0.330 bits per heavy atom. The van der Waals surface area contributed by atoms with Crippen LogP contribution in [0.1, 0.15) is 399 Å². The molecule has 0 aromatic heterocycles. The summed E-state index contributed by atoms with van der Waals surface area (Å²) in [5.41, 5.74) is 0. The van der Waals surface area contributed by atoms with Gasteiger partial charge in [-0.3, -0.25) is 9.59 Å². The lowest BCUT2D eigenvalue weighted by atomic mass is 10.0. The standard InChI is InChI=1S/C82H153NO8/c1-6-8-10-12-14-16-18-20-22-24-26-28-30-32-34-36-37-38-39-40-41-42-43-45-47-49-51-53-55-57-59-61-63-65-67-69-71-73-80(85)91-78(77-90-82(81(86)87)88-75-74-83(3,4)5)76-89-79(84)72-70-68-66-64-62-60-58-56-54-52-50-48-46-44-35-33-31-29-27-25-23-21-19-17-15-13-11-9-7-2/h18,20,24-27,30,32,78,82H,6-17,19,21-23,28-29,31,33-77H2,1-5H3/b20-18-,26-24-,27-25-,32-30-. The maximum absolute atomic E-state index is 13.0. The molecular formula is C82H153NO8. The van der Waals surface area contributed by atoms with E-state index in [9.17, 15) is 19.5 Å². The van der Waals surface area contributed by atoms with Crippen molar-refractivity contribution in [2.24, 2.45) is 0 Å². The maximum Gasteiger partial charge on any atom is 0.306 e. The Labute approximate surface area is 565 Å². The van der Waals surface area contributed by atoms with Crippen LogP contribution in [0.4, 0.5) is 0 Å². The second kappa shape index (κ2) is 73.1. The van der Waals surface area contributed by atoms with E-state index in [4.69, 9.17) is 18.9 Å². The van der Waals surface area contributed by atoms with Crippen LogP contribution < -0.4 is 5.11 Å². The van der Waals surface area contributed by atoms with E-state index in [0.717, 1.165) is 51.4 Å². The summed E-state index contributed by atoms with van der Waals surface area (Å²) in [4.78, 5) is 37.6. The quantitative estimate of drug-likeness (QED) is 0.0195. The zero-order valence-electron chi connectivity index (χ0n) is 61.2. The van der Waals surface area contributed by atoms with E-state index in [1.165, 1.54) is 321 Å². The number of hydrogen-bond acceptors (Lipinski definition) is 8. The summed E-state index contributed by atoms with van der Waals surface area (Å²) in [6.45, 7) is 4.81. The summed E-state index contributed by atoms with van der Waals surface area (Å²) in [7, 11) is 5.95. The Morgan fingerprint density at radius 3 is 0.890 bits per heavy atom. The first kappa shape index (κ1) is 88.2. The molecule has 2 atom stereocenters. The van der Waals surface area contributed by atoms with Crippen molar-refractivity contribution in [2.45, 2.75) is 411 Å². The van der Waals surface area contributed by atoms with E-state index >= 15 is 0 Å². The number of quaternary nitrogens is 1. The molecule has 0 aliphatic heterocycles. The molecule has 0 radical (unpaired) electrons. The number of carboxylic acid groups (broad SMARTS) is 1. The Kier molecular flexibility index (Phi) is 70.9. The number of carbonyl (C=O) groups excluding carboxylic acids is 3.